The molecule has 0 aromatic heterocycles. The molecule has 1 heterocycles. The SMILES string of the molecule is CN1CCOC[C@@H]1C(=O)OC1CCCCCC1. The monoisotopic (exact) mass is 241 g/mol. The van der Waals surface area contributed by atoms with Gasteiger partial charge in [-0.25, -0.2) is 0 Å². The lowest BCUT2D eigenvalue weighted by molar-refractivity contribution is -0.161. The Morgan fingerprint density at radius 1 is 1.24 bits per heavy atom. The van der Waals surface area contributed by atoms with Gasteiger partial charge in [-0.15, -0.1) is 0 Å². The molecule has 2 fully saturated rings. The molecule has 0 aromatic carbocycles. The molecular weight excluding hydrogens is 218 g/mol. The number of hydrogen-bond donors (Lipinski definition) is 0. The van der Waals surface area contributed by atoms with Crippen molar-refractivity contribution < 1.29 is 14.3 Å². The Morgan fingerprint density at radius 3 is 2.59 bits per heavy atom. The van der Waals surface area contributed by atoms with Gasteiger partial charge in [0.1, 0.15) is 12.1 Å². The first kappa shape index (κ1) is 12.8. The minimum atomic E-state index is -0.202. The number of esters is 1. The highest BCUT2D eigenvalue weighted by molar-refractivity contribution is 5.76. The highest BCUT2D eigenvalue weighted by atomic mass is 16.5. The quantitative estimate of drug-likeness (QED) is 0.543. The fraction of sp³-hybridized carbons (Fsp3) is 0.923. The second-order valence-electron chi connectivity index (χ2n) is 5.12. The summed E-state index contributed by atoms with van der Waals surface area (Å²) in [7, 11) is 1.96. The van der Waals surface area contributed by atoms with Gasteiger partial charge < -0.3 is 9.47 Å². The van der Waals surface area contributed by atoms with Crippen molar-refractivity contribution in [2.75, 3.05) is 26.8 Å². The van der Waals surface area contributed by atoms with Gasteiger partial charge in [0.05, 0.1) is 13.2 Å². The summed E-state index contributed by atoms with van der Waals surface area (Å²) in [6.07, 6.45) is 7.14. The average molecular weight is 241 g/mol. The third-order valence-electron chi connectivity index (χ3n) is 3.75. The summed E-state index contributed by atoms with van der Waals surface area (Å²) in [6.45, 7) is 2.00. The third kappa shape index (κ3) is 3.68. The van der Waals surface area contributed by atoms with Crippen LogP contribution in [0.25, 0.3) is 0 Å². The third-order valence-corrected chi connectivity index (χ3v) is 3.75. The Bertz CT molecular complexity index is 249. The first-order valence-corrected chi connectivity index (χ1v) is 6.76. The van der Waals surface area contributed by atoms with Crippen molar-refractivity contribution in [1.82, 2.24) is 4.90 Å². The maximum Gasteiger partial charge on any atom is 0.326 e. The molecule has 1 saturated heterocycles. The van der Waals surface area contributed by atoms with Crippen molar-refractivity contribution in [1.29, 1.82) is 0 Å². The van der Waals surface area contributed by atoms with Crippen LogP contribution in [0, 0.1) is 0 Å². The number of rotatable bonds is 2. The minimum absolute atomic E-state index is 0.0981. The molecule has 1 atom stereocenters. The normalized spacial score (nSPS) is 28.6. The van der Waals surface area contributed by atoms with E-state index >= 15 is 0 Å². The molecule has 0 radical (unpaired) electrons. The Morgan fingerprint density at radius 2 is 1.94 bits per heavy atom. The van der Waals surface area contributed by atoms with E-state index in [4.69, 9.17) is 9.47 Å². The van der Waals surface area contributed by atoms with E-state index in [-0.39, 0.29) is 18.1 Å². The van der Waals surface area contributed by atoms with Crippen molar-refractivity contribution in [2.24, 2.45) is 0 Å². The van der Waals surface area contributed by atoms with E-state index in [1.807, 2.05) is 11.9 Å². The summed E-state index contributed by atoms with van der Waals surface area (Å²) in [5, 5.41) is 0. The van der Waals surface area contributed by atoms with Gasteiger partial charge >= 0.3 is 5.97 Å². The lowest BCUT2D eigenvalue weighted by Gasteiger charge is -2.31. The van der Waals surface area contributed by atoms with Crippen molar-refractivity contribution in [3.05, 3.63) is 0 Å². The van der Waals surface area contributed by atoms with Gasteiger partial charge in [-0.05, 0) is 32.7 Å². The zero-order valence-corrected chi connectivity index (χ0v) is 10.7. The van der Waals surface area contributed by atoms with Crippen molar-refractivity contribution in [3.63, 3.8) is 0 Å². The number of hydrogen-bond acceptors (Lipinski definition) is 4. The van der Waals surface area contributed by atoms with Crippen molar-refractivity contribution in [2.45, 2.75) is 50.7 Å². The van der Waals surface area contributed by atoms with Gasteiger partial charge in [0.15, 0.2) is 0 Å². The van der Waals surface area contributed by atoms with Crippen molar-refractivity contribution >= 4 is 5.97 Å². The van der Waals surface area contributed by atoms with Gasteiger partial charge in [-0.2, -0.15) is 0 Å². The van der Waals surface area contributed by atoms with Gasteiger partial charge in [-0.1, -0.05) is 12.8 Å². The highest BCUT2D eigenvalue weighted by Crippen LogP contribution is 2.21. The van der Waals surface area contributed by atoms with E-state index in [1.54, 1.807) is 0 Å². The maximum atomic E-state index is 12.0. The molecular formula is C13H23NO3. The summed E-state index contributed by atoms with van der Waals surface area (Å²) in [5.74, 6) is -0.0981. The van der Waals surface area contributed by atoms with Gasteiger partial charge in [0.2, 0.25) is 0 Å². The molecule has 2 aliphatic rings. The Balaban J connectivity index is 1.82. The van der Waals surface area contributed by atoms with Crippen molar-refractivity contribution in [3.8, 4) is 0 Å². The molecule has 4 nitrogen and oxygen atoms in total. The first-order valence-electron chi connectivity index (χ1n) is 6.76. The fourth-order valence-electron chi connectivity index (χ4n) is 2.54. The Hall–Kier alpha value is -0.610. The lowest BCUT2D eigenvalue weighted by Crippen LogP contribution is -2.49. The van der Waals surface area contributed by atoms with E-state index in [1.165, 1.54) is 25.7 Å². The minimum Gasteiger partial charge on any atom is -0.461 e. The van der Waals surface area contributed by atoms with Crippen LogP contribution in [0.5, 0.6) is 0 Å². The van der Waals surface area contributed by atoms with Crippen LogP contribution in [0.3, 0.4) is 0 Å². The van der Waals surface area contributed by atoms with E-state index in [9.17, 15) is 4.79 Å². The van der Waals surface area contributed by atoms with Gasteiger partial charge in [-0.3, -0.25) is 9.69 Å². The largest absolute Gasteiger partial charge is 0.461 e. The molecule has 98 valence electrons. The molecule has 17 heavy (non-hydrogen) atoms. The fourth-order valence-corrected chi connectivity index (χ4v) is 2.54. The second kappa shape index (κ2) is 6.36. The molecule has 2 rings (SSSR count). The van der Waals surface area contributed by atoms with Crippen LogP contribution >= 0.6 is 0 Å². The topological polar surface area (TPSA) is 38.8 Å². The average Bonchev–Trinajstić information content (AvgIpc) is 2.58. The smallest absolute Gasteiger partial charge is 0.326 e. The predicted molar refractivity (Wildman–Crippen MR) is 64.8 cm³/mol. The number of nitrogens with zero attached hydrogens (tertiary/aromatic N) is 1. The second-order valence-corrected chi connectivity index (χ2v) is 5.12. The number of ether oxygens (including phenoxy) is 2. The lowest BCUT2D eigenvalue weighted by atomic mass is 10.1. The summed E-state index contributed by atoms with van der Waals surface area (Å²) in [5.41, 5.74) is 0. The van der Waals surface area contributed by atoms with Gasteiger partial charge in [0, 0.05) is 6.54 Å². The summed E-state index contributed by atoms with van der Waals surface area (Å²) in [6, 6.07) is -0.202. The van der Waals surface area contributed by atoms with Crippen LogP contribution in [-0.2, 0) is 14.3 Å². The van der Waals surface area contributed by atoms with Crippen LogP contribution < -0.4 is 0 Å². The van der Waals surface area contributed by atoms with E-state index in [2.05, 4.69) is 0 Å². The molecule has 0 unspecified atom stereocenters. The number of carbonyl (C=O) groups excluding carboxylic acids is 1. The standard InChI is InChI=1S/C13H23NO3/c1-14-8-9-16-10-12(14)13(15)17-11-6-4-2-3-5-7-11/h11-12H,2-10H2,1H3/t12-/m1/s1. The van der Waals surface area contributed by atoms with Gasteiger partial charge in [0.25, 0.3) is 0 Å². The number of likely N-dealkylation sites (N-methyl/N-ethyl adjacent to an activating group) is 1. The predicted octanol–water partition coefficient (Wildman–Crippen LogP) is 1.58. The summed E-state index contributed by atoms with van der Waals surface area (Å²) >= 11 is 0. The first-order chi connectivity index (χ1) is 8.27. The molecule has 0 aromatic rings. The molecule has 1 aliphatic heterocycles. The molecule has 0 amide bonds. The van der Waals surface area contributed by atoms with E-state index in [0.717, 1.165) is 19.4 Å². The molecule has 1 aliphatic carbocycles. The maximum absolute atomic E-state index is 12.0. The van der Waals surface area contributed by atoms with Crippen LogP contribution in [-0.4, -0.2) is 49.8 Å². The van der Waals surface area contributed by atoms with E-state index in [0.29, 0.717) is 13.2 Å². The number of morpholine rings is 1. The van der Waals surface area contributed by atoms with E-state index < -0.39 is 0 Å². The molecule has 0 N–H and O–H groups in total. The Kier molecular flexibility index (Phi) is 4.80. The zero-order chi connectivity index (χ0) is 12.1. The molecule has 1 saturated carbocycles. The van der Waals surface area contributed by atoms with Crippen LogP contribution in [0.15, 0.2) is 0 Å². The number of carbonyl (C=O) groups is 1. The van der Waals surface area contributed by atoms with Crippen LogP contribution in [0.4, 0.5) is 0 Å². The highest BCUT2D eigenvalue weighted by Gasteiger charge is 2.30. The van der Waals surface area contributed by atoms with Crippen LogP contribution in [0.1, 0.15) is 38.5 Å². The molecule has 0 bridgehead atoms. The molecule has 4 heteroatoms. The van der Waals surface area contributed by atoms with Crippen LogP contribution in [0.2, 0.25) is 0 Å². The zero-order valence-electron chi connectivity index (χ0n) is 10.7. The summed E-state index contributed by atoms with van der Waals surface area (Å²) in [4.78, 5) is 14.1. The summed E-state index contributed by atoms with van der Waals surface area (Å²) < 4.78 is 11.0. The Labute approximate surface area is 103 Å². The molecule has 0 spiro atoms.